The predicted molar refractivity (Wildman–Crippen MR) is 266 cm³/mol. The molecule has 63 heavy (non-hydrogen) atoms. The van der Waals surface area contributed by atoms with Crippen molar-refractivity contribution in [3.63, 3.8) is 0 Å². The maximum absolute atomic E-state index is 6.84. The second kappa shape index (κ2) is 13.1. The molecule has 6 heteroatoms. The highest BCUT2D eigenvalue weighted by atomic mass is 32.1. The summed E-state index contributed by atoms with van der Waals surface area (Å²) in [6, 6.07) is 67.9. The van der Waals surface area contributed by atoms with E-state index in [0.29, 0.717) is 5.84 Å². The second-order valence-corrected chi connectivity index (χ2v) is 18.0. The van der Waals surface area contributed by atoms with Gasteiger partial charge in [0.25, 0.3) is 0 Å². The van der Waals surface area contributed by atoms with Gasteiger partial charge in [0.15, 0.2) is 5.84 Å². The van der Waals surface area contributed by atoms with Crippen molar-refractivity contribution in [1.82, 2.24) is 9.13 Å². The number of furan rings is 1. The Morgan fingerprint density at radius 2 is 1.10 bits per heavy atom. The Labute approximate surface area is 365 Å². The minimum absolute atomic E-state index is 0.0809. The number of para-hydroxylation sites is 4. The molecule has 14 rings (SSSR count). The largest absolute Gasteiger partial charge is 0.456 e. The number of hydrogen-bond acceptors (Lipinski definition) is 4. The van der Waals surface area contributed by atoms with Gasteiger partial charge in [-0.2, -0.15) is 0 Å². The zero-order chi connectivity index (χ0) is 41.3. The van der Waals surface area contributed by atoms with E-state index in [0.717, 1.165) is 66.5 Å². The zero-order valence-corrected chi connectivity index (χ0v) is 35.0. The number of aliphatic imine (C=N–C) groups is 2. The van der Waals surface area contributed by atoms with Crippen LogP contribution in [0, 0.1) is 5.92 Å². The van der Waals surface area contributed by atoms with Crippen LogP contribution in [0.2, 0.25) is 0 Å². The minimum atomic E-state index is -0.311. The Hall–Kier alpha value is -7.80. The summed E-state index contributed by atoms with van der Waals surface area (Å²) in [6.07, 6.45) is -0.311. The first kappa shape index (κ1) is 34.9. The fraction of sp³-hybridized carbons (Fsp3) is 0.0526. The molecule has 296 valence electrons. The van der Waals surface area contributed by atoms with Gasteiger partial charge in [-0.05, 0) is 65.4 Å². The first-order valence-electron chi connectivity index (χ1n) is 21.6. The average molecular weight is 825 g/mol. The van der Waals surface area contributed by atoms with Gasteiger partial charge in [-0.15, -0.1) is 11.3 Å². The maximum Gasteiger partial charge on any atom is 0.157 e. The summed E-state index contributed by atoms with van der Waals surface area (Å²) < 4.78 is 14.2. The van der Waals surface area contributed by atoms with Crippen molar-refractivity contribution in [3.05, 3.63) is 199 Å². The molecular formula is C57H36N4OS. The Balaban J connectivity index is 1.11. The number of nitrogens with zero attached hydrogens (tertiary/aromatic N) is 4. The summed E-state index contributed by atoms with van der Waals surface area (Å²) in [6.45, 7) is 2.31. The molecule has 5 heterocycles. The highest BCUT2D eigenvalue weighted by molar-refractivity contribution is 7.25. The number of aromatic nitrogens is 2. The fourth-order valence-corrected chi connectivity index (χ4v) is 11.8. The van der Waals surface area contributed by atoms with Crippen molar-refractivity contribution in [1.29, 1.82) is 0 Å². The van der Waals surface area contributed by atoms with Gasteiger partial charge in [0.2, 0.25) is 0 Å². The highest BCUT2D eigenvalue weighted by Crippen LogP contribution is 2.44. The van der Waals surface area contributed by atoms with Gasteiger partial charge in [-0.25, -0.2) is 9.98 Å². The Kier molecular flexibility index (Phi) is 7.25. The van der Waals surface area contributed by atoms with Gasteiger partial charge in [0.1, 0.15) is 17.3 Å². The van der Waals surface area contributed by atoms with Gasteiger partial charge in [0.05, 0.1) is 33.5 Å². The van der Waals surface area contributed by atoms with Crippen molar-refractivity contribution in [2.75, 3.05) is 0 Å². The molecule has 2 atom stereocenters. The van der Waals surface area contributed by atoms with Crippen LogP contribution in [0.1, 0.15) is 24.2 Å². The lowest BCUT2D eigenvalue weighted by Gasteiger charge is -2.30. The molecule has 1 aliphatic heterocycles. The number of benzene rings is 9. The third kappa shape index (κ3) is 4.98. The Bertz CT molecular complexity index is 4080. The van der Waals surface area contributed by atoms with Crippen LogP contribution < -0.4 is 0 Å². The first-order valence-corrected chi connectivity index (χ1v) is 22.4. The molecule has 2 unspecified atom stereocenters. The third-order valence-electron chi connectivity index (χ3n) is 13.4. The van der Waals surface area contributed by atoms with Crippen LogP contribution in [-0.2, 0) is 0 Å². The van der Waals surface area contributed by atoms with E-state index in [2.05, 4.69) is 198 Å². The van der Waals surface area contributed by atoms with Crippen LogP contribution in [0.3, 0.4) is 0 Å². The van der Waals surface area contributed by atoms with Gasteiger partial charge in [-0.3, -0.25) is 0 Å². The quantitative estimate of drug-likeness (QED) is 0.174. The summed E-state index contributed by atoms with van der Waals surface area (Å²) in [5.74, 6) is 0.610. The van der Waals surface area contributed by atoms with E-state index in [-0.39, 0.29) is 12.1 Å². The topological polar surface area (TPSA) is 47.7 Å². The summed E-state index contributed by atoms with van der Waals surface area (Å²) >= 11 is 1.84. The van der Waals surface area contributed by atoms with Gasteiger partial charge >= 0.3 is 0 Å². The molecule has 0 radical (unpaired) electrons. The third-order valence-corrected chi connectivity index (χ3v) is 14.6. The fourth-order valence-electron chi connectivity index (χ4n) is 10.6. The van der Waals surface area contributed by atoms with Gasteiger partial charge in [-0.1, -0.05) is 134 Å². The normalized spacial score (nSPS) is 15.9. The molecular weight excluding hydrogens is 789 g/mol. The molecule has 0 spiro atoms. The van der Waals surface area contributed by atoms with E-state index in [9.17, 15) is 0 Å². The van der Waals surface area contributed by atoms with E-state index in [1.807, 2.05) is 17.4 Å². The van der Waals surface area contributed by atoms with E-state index in [1.165, 1.54) is 52.5 Å². The second-order valence-electron chi connectivity index (χ2n) is 16.9. The van der Waals surface area contributed by atoms with E-state index >= 15 is 0 Å². The molecule has 0 N–H and O–H groups in total. The SMILES string of the molecule is CC1C(c2cccc3sc4ccccc4c23)=NC(c2cc(-n3c4ccccc4c4cc5ccccc5cc43)cc3oc4ccccc4c23)=NC1n1c2ccccc2c2ccccc21. The smallest absolute Gasteiger partial charge is 0.157 e. The summed E-state index contributed by atoms with van der Waals surface area (Å²) in [7, 11) is 0. The molecule has 0 aliphatic carbocycles. The van der Waals surface area contributed by atoms with Crippen LogP contribution in [0.15, 0.2) is 202 Å². The summed E-state index contributed by atoms with van der Waals surface area (Å²) in [5, 5.41) is 11.8. The lowest BCUT2D eigenvalue weighted by atomic mass is 9.90. The molecule has 1 aliphatic rings. The molecule has 0 bridgehead atoms. The van der Waals surface area contributed by atoms with E-state index in [1.54, 1.807) is 0 Å². The molecule has 0 amide bonds. The molecule has 4 aromatic heterocycles. The van der Waals surface area contributed by atoms with Crippen molar-refractivity contribution in [2.24, 2.45) is 15.9 Å². The number of hydrogen-bond donors (Lipinski definition) is 0. The monoisotopic (exact) mass is 824 g/mol. The molecule has 0 saturated carbocycles. The van der Waals surface area contributed by atoms with Gasteiger partial charge in [0, 0.05) is 75.6 Å². The minimum Gasteiger partial charge on any atom is -0.456 e. The van der Waals surface area contributed by atoms with E-state index < -0.39 is 0 Å². The zero-order valence-electron chi connectivity index (χ0n) is 34.2. The van der Waals surface area contributed by atoms with Gasteiger partial charge < -0.3 is 13.6 Å². The Morgan fingerprint density at radius 3 is 1.87 bits per heavy atom. The number of amidine groups is 1. The Morgan fingerprint density at radius 1 is 0.476 bits per heavy atom. The molecule has 0 fully saturated rings. The molecule has 5 nitrogen and oxygen atoms in total. The van der Waals surface area contributed by atoms with E-state index in [4.69, 9.17) is 14.4 Å². The summed E-state index contributed by atoms with van der Waals surface area (Å²) in [5.41, 5.74) is 10.3. The first-order chi connectivity index (χ1) is 31.2. The van der Waals surface area contributed by atoms with Crippen molar-refractivity contribution < 1.29 is 4.42 Å². The molecule has 0 saturated heterocycles. The number of thiophene rings is 1. The lowest BCUT2D eigenvalue weighted by Crippen LogP contribution is -2.29. The summed E-state index contributed by atoms with van der Waals surface area (Å²) in [4.78, 5) is 11.6. The number of fused-ring (bicyclic) bond motifs is 13. The van der Waals surface area contributed by atoms with Crippen LogP contribution >= 0.6 is 11.3 Å². The van der Waals surface area contributed by atoms with Crippen LogP contribution in [-0.4, -0.2) is 20.7 Å². The molecule has 9 aromatic carbocycles. The van der Waals surface area contributed by atoms with Crippen LogP contribution in [0.4, 0.5) is 0 Å². The van der Waals surface area contributed by atoms with Crippen molar-refractivity contribution in [3.8, 4) is 5.69 Å². The van der Waals surface area contributed by atoms with Crippen LogP contribution in [0.25, 0.3) is 102 Å². The van der Waals surface area contributed by atoms with Crippen molar-refractivity contribution in [2.45, 2.75) is 13.1 Å². The molecule has 13 aromatic rings. The highest BCUT2D eigenvalue weighted by Gasteiger charge is 2.34. The lowest BCUT2D eigenvalue weighted by molar-refractivity contribution is 0.464. The van der Waals surface area contributed by atoms with Crippen molar-refractivity contribution >= 4 is 119 Å². The van der Waals surface area contributed by atoms with Crippen LogP contribution in [0.5, 0.6) is 0 Å². The number of rotatable bonds is 4. The standard InChI is InChI=1S/C57H36N4OS/c1-33-55(42-22-14-28-52-54(42)41-21-8-13-27-51(41)63-52)58-56(59-57(33)61-46-24-10-4-17-37(46)38-18-5-11-25-47(38)61)44-31-36(32-50-53(44)40-20-7-12-26-49(40)62-50)60-45-23-9-6-19-39(45)43-29-34-15-2-3-16-35(34)30-48(43)60/h2-33,57H,1H3. The maximum atomic E-state index is 6.84. The predicted octanol–water partition coefficient (Wildman–Crippen LogP) is 15.4. The average Bonchev–Trinajstić information content (AvgIpc) is 4.08.